The summed E-state index contributed by atoms with van der Waals surface area (Å²) in [6.07, 6.45) is -0.514. The number of hydrogen-bond donors (Lipinski definition) is 4. The van der Waals surface area contributed by atoms with Crippen LogP contribution in [0.5, 0.6) is 0 Å². The molecule has 4 N–H and O–H groups in total. The van der Waals surface area contributed by atoms with Crippen LogP contribution in [0, 0.1) is 0 Å². The zero-order chi connectivity index (χ0) is 30.3. The molecule has 1 atom stereocenters. The van der Waals surface area contributed by atoms with Crippen molar-refractivity contribution in [2.75, 3.05) is 16.8 Å². The number of carboxylic acid groups (broad SMARTS) is 1. The molecule has 3 amide bonds. The molecule has 222 valence electrons. The zero-order valence-corrected chi connectivity index (χ0v) is 22.7. The second-order valence-corrected chi connectivity index (χ2v) is 10.3. The number of amides is 3. The van der Waals surface area contributed by atoms with Gasteiger partial charge in [-0.25, -0.2) is 9.59 Å². The molecular weight excluding hydrogens is 551 g/mol. The fraction of sp³-hybridized carbons (Fsp3) is 0.323. The third-order valence-electron chi connectivity index (χ3n) is 7.27. The van der Waals surface area contributed by atoms with Crippen molar-refractivity contribution in [3.63, 3.8) is 0 Å². The summed E-state index contributed by atoms with van der Waals surface area (Å²) in [6.45, 7) is -0.413. The van der Waals surface area contributed by atoms with Crippen LogP contribution in [-0.2, 0) is 17.5 Å². The number of carbonyl (C=O) groups is 3. The van der Waals surface area contributed by atoms with E-state index in [2.05, 4.69) is 10.6 Å². The van der Waals surface area contributed by atoms with E-state index in [1.54, 1.807) is 12.1 Å². The first-order valence-electron chi connectivity index (χ1n) is 13.6. The Hall–Kier alpha value is -4.38. The fourth-order valence-electron chi connectivity index (χ4n) is 4.93. The average Bonchev–Trinajstić information content (AvgIpc) is 2.99. The molecule has 1 saturated carbocycles. The lowest BCUT2D eigenvalue weighted by atomic mass is 9.84. The summed E-state index contributed by atoms with van der Waals surface area (Å²) < 4.78 is 39.7. The van der Waals surface area contributed by atoms with E-state index in [0.717, 1.165) is 25.0 Å². The van der Waals surface area contributed by atoms with Crippen molar-refractivity contribution in [3.8, 4) is 0 Å². The number of anilines is 2. The van der Waals surface area contributed by atoms with E-state index in [0.29, 0.717) is 17.2 Å². The van der Waals surface area contributed by atoms with Crippen LogP contribution >= 0.6 is 0 Å². The van der Waals surface area contributed by atoms with Gasteiger partial charge in [0.25, 0.3) is 5.91 Å². The molecule has 0 saturated heterocycles. The van der Waals surface area contributed by atoms with Gasteiger partial charge in [-0.1, -0.05) is 49.6 Å². The maximum absolute atomic E-state index is 13.4. The van der Waals surface area contributed by atoms with E-state index in [1.165, 1.54) is 54.0 Å². The summed E-state index contributed by atoms with van der Waals surface area (Å²) in [7, 11) is 0. The lowest BCUT2D eigenvalue weighted by molar-refractivity contribution is -0.146. The molecule has 8 nitrogen and oxygen atoms in total. The Balaban J connectivity index is 1.54. The van der Waals surface area contributed by atoms with Crippen molar-refractivity contribution in [1.82, 2.24) is 5.32 Å². The highest BCUT2D eigenvalue weighted by Gasteiger charge is 2.30. The predicted molar refractivity (Wildman–Crippen MR) is 151 cm³/mol. The second kappa shape index (κ2) is 13.5. The number of urea groups is 1. The minimum Gasteiger partial charge on any atom is -0.479 e. The van der Waals surface area contributed by atoms with Crippen molar-refractivity contribution in [3.05, 3.63) is 95.1 Å². The fourth-order valence-corrected chi connectivity index (χ4v) is 4.93. The number of carboxylic acids is 1. The van der Waals surface area contributed by atoms with E-state index >= 15 is 0 Å². The molecule has 0 radical (unpaired) electrons. The van der Waals surface area contributed by atoms with E-state index < -0.39 is 42.3 Å². The molecule has 0 heterocycles. The molecule has 3 aromatic rings. The number of hydrogen-bond acceptors (Lipinski definition) is 4. The molecule has 1 aliphatic rings. The molecule has 0 bridgehead atoms. The predicted octanol–water partition coefficient (Wildman–Crippen LogP) is 6.17. The van der Waals surface area contributed by atoms with E-state index in [4.69, 9.17) is 5.11 Å². The number of benzene rings is 3. The lowest BCUT2D eigenvalue weighted by Gasteiger charge is -2.26. The Kier molecular flexibility index (Phi) is 9.84. The van der Waals surface area contributed by atoms with Gasteiger partial charge < -0.3 is 20.8 Å². The number of nitrogens with zero attached hydrogens (tertiary/aromatic N) is 1. The summed E-state index contributed by atoms with van der Waals surface area (Å²) in [6, 6.07) is 17.6. The van der Waals surface area contributed by atoms with Crippen LogP contribution in [0.2, 0.25) is 0 Å². The SMILES string of the molecule is O=C(NC[C@@H](O)C(=O)O)c1ccc(CN(C(=O)Nc2cccc(C(F)(F)F)c2)c2ccc(C3CCCCC3)cc2)cc1. The molecular formula is C31H32F3N3O5. The Morgan fingerprint density at radius 2 is 1.60 bits per heavy atom. The third-order valence-corrected chi connectivity index (χ3v) is 7.27. The first kappa shape index (κ1) is 30.6. The van der Waals surface area contributed by atoms with Gasteiger partial charge in [0.2, 0.25) is 0 Å². The normalized spacial score (nSPS) is 14.6. The van der Waals surface area contributed by atoms with Crippen LogP contribution in [0.25, 0.3) is 0 Å². The number of aliphatic hydroxyl groups is 1. The molecule has 1 fully saturated rings. The maximum atomic E-state index is 13.4. The third kappa shape index (κ3) is 8.10. The molecule has 0 aromatic heterocycles. The summed E-state index contributed by atoms with van der Waals surface area (Å²) in [5, 5.41) is 23.0. The largest absolute Gasteiger partial charge is 0.479 e. The molecule has 11 heteroatoms. The monoisotopic (exact) mass is 583 g/mol. The standard InChI is InChI=1S/C31H32F3N3O5/c32-31(33,34)24-7-4-8-25(17-24)36-30(42)37(26-15-13-22(14-16-26)21-5-2-1-3-6-21)19-20-9-11-23(12-10-20)28(39)35-18-27(38)29(40)41/h4,7-17,21,27,38H,1-3,5-6,18-19H2,(H,35,39)(H,36,42)(H,40,41)/t27-/m1/s1. The Morgan fingerprint density at radius 3 is 2.21 bits per heavy atom. The van der Waals surface area contributed by atoms with Gasteiger partial charge >= 0.3 is 18.2 Å². The van der Waals surface area contributed by atoms with Gasteiger partial charge in [0, 0.05) is 16.9 Å². The van der Waals surface area contributed by atoms with Crippen LogP contribution in [0.15, 0.2) is 72.8 Å². The first-order chi connectivity index (χ1) is 20.0. The summed E-state index contributed by atoms with van der Waals surface area (Å²) in [4.78, 5) is 37.9. The van der Waals surface area contributed by atoms with Crippen molar-refractivity contribution < 1.29 is 37.8 Å². The number of aliphatic carboxylic acids is 1. The van der Waals surface area contributed by atoms with Gasteiger partial charge in [-0.05, 0) is 72.4 Å². The van der Waals surface area contributed by atoms with Crippen LogP contribution in [0.3, 0.4) is 0 Å². The van der Waals surface area contributed by atoms with Gasteiger partial charge in [0.15, 0.2) is 6.10 Å². The topological polar surface area (TPSA) is 119 Å². The summed E-state index contributed by atoms with van der Waals surface area (Å²) in [5.74, 6) is -1.59. The lowest BCUT2D eigenvalue weighted by Crippen LogP contribution is -2.36. The second-order valence-electron chi connectivity index (χ2n) is 10.3. The minimum atomic E-state index is -4.56. The molecule has 0 aliphatic heterocycles. The van der Waals surface area contributed by atoms with Crippen LogP contribution in [0.1, 0.15) is 65.1 Å². The number of alkyl halides is 3. The van der Waals surface area contributed by atoms with Crippen molar-refractivity contribution in [2.45, 2.75) is 56.8 Å². The summed E-state index contributed by atoms with van der Waals surface area (Å²) in [5.41, 5.74) is 1.69. The molecule has 0 spiro atoms. The van der Waals surface area contributed by atoms with E-state index in [-0.39, 0.29) is 17.8 Å². The maximum Gasteiger partial charge on any atom is 0.416 e. The van der Waals surface area contributed by atoms with Crippen LogP contribution < -0.4 is 15.5 Å². The Morgan fingerprint density at radius 1 is 0.929 bits per heavy atom. The molecule has 1 aliphatic carbocycles. The quantitative estimate of drug-likeness (QED) is 0.240. The van der Waals surface area contributed by atoms with Crippen molar-refractivity contribution in [1.29, 1.82) is 0 Å². The Bertz CT molecular complexity index is 1390. The highest BCUT2D eigenvalue weighted by molar-refractivity contribution is 6.01. The van der Waals surface area contributed by atoms with Gasteiger partial charge in [-0.15, -0.1) is 0 Å². The van der Waals surface area contributed by atoms with Gasteiger partial charge in [-0.3, -0.25) is 9.69 Å². The zero-order valence-electron chi connectivity index (χ0n) is 22.7. The average molecular weight is 584 g/mol. The van der Waals surface area contributed by atoms with Crippen LogP contribution in [0.4, 0.5) is 29.3 Å². The molecule has 0 unspecified atom stereocenters. The van der Waals surface area contributed by atoms with Crippen LogP contribution in [-0.4, -0.2) is 40.8 Å². The number of rotatable bonds is 9. The smallest absolute Gasteiger partial charge is 0.416 e. The number of aliphatic hydroxyl groups excluding tert-OH is 1. The molecule has 3 aromatic carbocycles. The van der Waals surface area contributed by atoms with Crippen molar-refractivity contribution >= 4 is 29.3 Å². The highest BCUT2D eigenvalue weighted by Crippen LogP contribution is 2.34. The molecule has 4 rings (SSSR count). The van der Waals surface area contributed by atoms with E-state index in [9.17, 15) is 32.7 Å². The van der Waals surface area contributed by atoms with Crippen molar-refractivity contribution in [2.24, 2.45) is 0 Å². The van der Waals surface area contributed by atoms with Gasteiger partial charge in [0.1, 0.15) is 0 Å². The van der Waals surface area contributed by atoms with E-state index in [1.807, 2.05) is 24.3 Å². The highest BCUT2D eigenvalue weighted by atomic mass is 19.4. The van der Waals surface area contributed by atoms with Gasteiger partial charge in [0.05, 0.1) is 18.7 Å². The Labute approximate surface area is 241 Å². The number of carbonyl (C=O) groups excluding carboxylic acids is 2. The summed E-state index contributed by atoms with van der Waals surface area (Å²) >= 11 is 0. The molecule has 42 heavy (non-hydrogen) atoms. The first-order valence-corrected chi connectivity index (χ1v) is 13.6. The number of halogens is 3. The minimum absolute atomic E-state index is 0.00535. The van der Waals surface area contributed by atoms with Gasteiger partial charge in [-0.2, -0.15) is 13.2 Å². The number of nitrogens with one attached hydrogen (secondary N) is 2.